The van der Waals surface area contributed by atoms with E-state index < -0.39 is 0 Å². The van der Waals surface area contributed by atoms with Crippen LogP contribution in [0.1, 0.15) is 18.5 Å². The zero-order valence-electron chi connectivity index (χ0n) is 7.36. The van der Waals surface area contributed by atoms with Gasteiger partial charge in [0.2, 0.25) is 0 Å². The van der Waals surface area contributed by atoms with E-state index in [4.69, 9.17) is 4.74 Å². The number of carbonyl (C=O) groups excluding carboxylic acids is 1. The van der Waals surface area contributed by atoms with Gasteiger partial charge in [-0.15, -0.1) is 0 Å². The highest BCUT2D eigenvalue weighted by Gasteiger charge is 2.32. The molecule has 1 heterocycles. The third kappa shape index (κ3) is 2.02. The van der Waals surface area contributed by atoms with Gasteiger partial charge in [0.05, 0.1) is 5.92 Å². The number of esters is 1. The third-order valence-corrected chi connectivity index (χ3v) is 1.88. The van der Waals surface area contributed by atoms with Crippen LogP contribution >= 0.6 is 0 Å². The molecule has 0 aliphatic heterocycles. The summed E-state index contributed by atoms with van der Waals surface area (Å²) in [5.41, 5.74) is 0.800. The number of ether oxygens (including phenoxy) is 1. The van der Waals surface area contributed by atoms with Gasteiger partial charge in [-0.2, -0.15) is 0 Å². The zero-order chi connectivity index (χ0) is 9.26. The van der Waals surface area contributed by atoms with Crippen LogP contribution < -0.4 is 4.74 Å². The molecule has 0 amide bonds. The average Bonchev–Trinajstić information content (AvgIpc) is 2.85. The van der Waals surface area contributed by atoms with Gasteiger partial charge in [0.1, 0.15) is 0 Å². The molecule has 0 bridgehead atoms. The Morgan fingerprint density at radius 3 is 3.00 bits per heavy atom. The van der Waals surface area contributed by atoms with Crippen LogP contribution in [0.15, 0.2) is 12.3 Å². The van der Waals surface area contributed by atoms with Crippen molar-refractivity contribution in [3.05, 3.63) is 18.0 Å². The molecule has 1 fully saturated rings. The number of hydrogen-bond donors (Lipinski definition) is 0. The van der Waals surface area contributed by atoms with Crippen molar-refractivity contribution in [1.82, 2.24) is 9.97 Å². The summed E-state index contributed by atoms with van der Waals surface area (Å²) in [6.07, 6.45) is 3.45. The maximum atomic E-state index is 11.2. The van der Waals surface area contributed by atoms with Crippen LogP contribution in [0.5, 0.6) is 6.01 Å². The highest BCUT2D eigenvalue weighted by Crippen LogP contribution is 2.30. The predicted octanol–water partition coefficient (Wildman–Crippen LogP) is 1.10. The first-order valence-corrected chi connectivity index (χ1v) is 4.27. The molecule has 2 rings (SSSR count). The van der Waals surface area contributed by atoms with Crippen LogP contribution in [0.2, 0.25) is 0 Å². The number of carbonyl (C=O) groups is 1. The molecule has 4 nitrogen and oxygen atoms in total. The minimum Gasteiger partial charge on any atom is -0.391 e. The second-order valence-electron chi connectivity index (χ2n) is 3.18. The molecule has 68 valence electrons. The van der Waals surface area contributed by atoms with E-state index in [9.17, 15) is 4.79 Å². The van der Waals surface area contributed by atoms with Gasteiger partial charge in [-0.3, -0.25) is 4.79 Å². The maximum Gasteiger partial charge on any atom is 0.324 e. The summed E-state index contributed by atoms with van der Waals surface area (Å²) >= 11 is 0. The second kappa shape index (κ2) is 3.12. The Balaban J connectivity index is 2.04. The minimum atomic E-state index is -0.203. The molecular formula is C9H10N2O2. The molecule has 13 heavy (non-hydrogen) atoms. The summed E-state index contributed by atoms with van der Waals surface area (Å²) in [7, 11) is 0. The monoisotopic (exact) mass is 178 g/mol. The fourth-order valence-corrected chi connectivity index (χ4v) is 0.967. The second-order valence-corrected chi connectivity index (χ2v) is 3.18. The van der Waals surface area contributed by atoms with E-state index in [0.717, 1.165) is 18.5 Å². The third-order valence-electron chi connectivity index (χ3n) is 1.88. The normalized spacial score (nSPS) is 15.5. The topological polar surface area (TPSA) is 52.1 Å². The fourth-order valence-electron chi connectivity index (χ4n) is 0.967. The molecule has 0 atom stereocenters. The number of aromatic nitrogens is 2. The highest BCUT2D eigenvalue weighted by molar-refractivity contribution is 5.76. The SMILES string of the molecule is Cc1ccnc(OC(=O)C2CC2)n1. The van der Waals surface area contributed by atoms with Crippen molar-refractivity contribution in [3.8, 4) is 6.01 Å². The van der Waals surface area contributed by atoms with Gasteiger partial charge in [-0.05, 0) is 25.8 Å². The quantitative estimate of drug-likeness (QED) is 0.636. The summed E-state index contributed by atoms with van der Waals surface area (Å²) in [5.74, 6) is -0.116. The Hall–Kier alpha value is -1.45. The number of rotatable bonds is 2. The van der Waals surface area contributed by atoms with E-state index in [1.165, 1.54) is 0 Å². The van der Waals surface area contributed by atoms with Gasteiger partial charge in [0.15, 0.2) is 0 Å². The van der Waals surface area contributed by atoms with Crippen LogP contribution in [-0.4, -0.2) is 15.9 Å². The summed E-state index contributed by atoms with van der Waals surface area (Å²) in [6.45, 7) is 1.83. The Morgan fingerprint density at radius 1 is 1.62 bits per heavy atom. The number of nitrogens with zero attached hydrogens (tertiary/aromatic N) is 2. The first-order chi connectivity index (χ1) is 6.25. The van der Waals surface area contributed by atoms with Gasteiger partial charge in [0, 0.05) is 11.9 Å². The standard InChI is InChI=1S/C9H10N2O2/c1-6-4-5-10-9(11-6)13-8(12)7-2-3-7/h4-5,7H,2-3H2,1H3. The molecule has 0 aromatic carbocycles. The van der Waals surface area contributed by atoms with Gasteiger partial charge in [0.25, 0.3) is 0 Å². The lowest BCUT2D eigenvalue weighted by atomic mass is 10.4. The summed E-state index contributed by atoms with van der Waals surface area (Å²) in [4.78, 5) is 19.0. The van der Waals surface area contributed by atoms with Crippen molar-refractivity contribution < 1.29 is 9.53 Å². The predicted molar refractivity (Wildman–Crippen MR) is 45.1 cm³/mol. The maximum absolute atomic E-state index is 11.2. The summed E-state index contributed by atoms with van der Waals surface area (Å²) in [6, 6.07) is 1.92. The van der Waals surface area contributed by atoms with Crippen molar-refractivity contribution in [2.45, 2.75) is 19.8 Å². The van der Waals surface area contributed by atoms with Crippen LogP contribution in [0.3, 0.4) is 0 Å². The van der Waals surface area contributed by atoms with Crippen molar-refractivity contribution in [2.75, 3.05) is 0 Å². The van der Waals surface area contributed by atoms with Gasteiger partial charge < -0.3 is 4.74 Å². The molecule has 0 spiro atoms. The molecule has 1 aliphatic rings. The Kier molecular flexibility index (Phi) is 1.96. The molecule has 0 N–H and O–H groups in total. The molecule has 1 aliphatic carbocycles. The molecule has 4 heteroatoms. The van der Waals surface area contributed by atoms with E-state index in [0.29, 0.717) is 0 Å². The van der Waals surface area contributed by atoms with Crippen LogP contribution in [-0.2, 0) is 4.79 Å². The van der Waals surface area contributed by atoms with Gasteiger partial charge in [-0.25, -0.2) is 9.97 Å². The lowest BCUT2D eigenvalue weighted by molar-refractivity contribution is -0.136. The zero-order valence-corrected chi connectivity index (χ0v) is 7.36. The molecule has 1 aromatic rings. The molecule has 0 unspecified atom stereocenters. The van der Waals surface area contributed by atoms with E-state index in [1.807, 2.05) is 6.92 Å². The lowest BCUT2D eigenvalue weighted by Gasteiger charge is -2.00. The smallest absolute Gasteiger partial charge is 0.324 e. The highest BCUT2D eigenvalue weighted by atomic mass is 16.5. The summed E-state index contributed by atoms with van der Waals surface area (Å²) < 4.78 is 4.96. The van der Waals surface area contributed by atoms with Crippen molar-refractivity contribution in [3.63, 3.8) is 0 Å². The van der Waals surface area contributed by atoms with Gasteiger partial charge in [-0.1, -0.05) is 0 Å². The molecule has 1 saturated carbocycles. The van der Waals surface area contributed by atoms with E-state index in [1.54, 1.807) is 12.3 Å². The van der Waals surface area contributed by atoms with Crippen LogP contribution in [0.4, 0.5) is 0 Å². The number of aryl methyl sites for hydroxylation is 1. The first-order valence-electron chi connectivity index (χ1n) is 4.27. The lowest BCUT2D eigenvalue weighted by Crippen LogP contribution is -2.11. The summed E-state index contributed by atoms with van der Waals surface area (Å²) in [5, 5.41) is 0. The number of hydrogen-bond acceptors (Lipinski definition) is 4. The molecule has 1 aromatic heterocycles. The molecule has 0 saturated heterocycles. The Labute approximate surface area is 76.0 Å². The van der Waals surface area contributed by atoms with Crippen LogP contribution in [0.25, 0.3) is 0 Å². The van der Waals surface area contributed by atoms with Crippen molar-refractivity contribution in [2.24, 2.45) is 5.92 Å². The largest absolute Gasteiger partial charge is 0.391 e. The molecule has 0 radical (unpaired) electrons. The van der Waals surface area contributed by atoms with Crippen molar-refractivity contribution in [1.29, 1.82) is 0 Å². The Bertz CT molecular complexity index is 334. The van der Waals surface area contributed by atoms with Gasteiger partial charge >= 0.3 is 12.0 Å². The Morgan fingerprint density at radius 2 is 2.38 bits per heavy atom. The van der Waals surface area contributed by atoms with E-state index >= 15 is 0 Å². The minimum absolute atomic E-state index is 0.0871. The van der Waals surface area contributed by atoms with E-state index in [-0.39, 0.29) is 17.9 Å². The fraction of sp³-hybridized carbons (Fsp3) is 0.444. The first kappa shape index (κ1) is 8.16. The van der Waals surface area contributed by atoms with E-state index in [2.05, 4.69) is 9.97 Å². The molecular weight excluding hydrogens is 168 g/mol. The average molecular weight is 178 g/mol. The van der Waals surface area contributed by atoms with Crippen LogP contribution in [0, 0.1) is 12.8 Å². The van der Waals surface area contributed by atoms with Crippen molar-refractivity contribution >= 4 is 5.97 Å².